The lowest BCUT2D eigenvalue weighted by Gasteiger charge is -2.29. The van der Waals surface area contributed by atoms with Crippen molar-refractivity contribution in [3.8, 4) is 0 Å². The highest BCUT2D eigenvalue weighted by Crippen LogP contribution is 2.38. The van der Waals surface area contributed by atoms with Crippen LogP contribution in [0.2, 0.25) is 0 Å². The topological polar surface area (TPSA) is 76.5 Å². The highest BCUT2D eigenvalue weighted by atomic mass is 16.4. The van der Waals surface area contributed by atoms with E-state index in [2.05, 4.69) is 0 Å². The standard InChI is InChI=1S/C14H17NO3/c1-14(2,7-12(16)17)13(15)10-8-18-11-6-4-3-5-9(10)11/h3-6,8,13H,7,15H2,1-2H3,(H,16,17). The minimum Gasteiger partial charge on any atom is -0.481 e. The van der Waals surface area contributed by atoms with Gasteiger partial charge < -0.3 is 15.3 Å². The molecule has 0 fully saturated rings. The van der Waals surface area contributed by atoms with Crippen LogP contribution in [-0.4, -0.2) is 11.1 Å². The summed E-state index contributed by atoms with van der Waals surface area (Å²) in [5.41, 5.74) is 7.31. The van der Waals surface area contributed by atoms with E-state index in [-0.39, 0.29) is 12.5 Å². The summed E-state index contributed by atoms with van der Waals surface area (Å²) in [4.78, 5) is 10.9. The fraction of sp³-hybridized carbons (Fsp3) is 0.357. The molecule has 1 unspecified atom stereocenters. The molecule has 1 aromatic heterocycles. The summed E-state index contributed by atoms with van der Waals surface area (Å²) in [7, 11) is 0. The third-order valence-corrected chi connectivity index (χ3v) is 3.29. The number of carboxylic acids is 1. The number of benzene rings is 1. The smallest absolute Gasteiger partial charge is 0.303 e. The van der Waals surface area contributed by atoms with Gasteiger partial charge in [0.2, 0.25) is 0 Å². The Morgan fingerprint density at radius 3 is 2.78 bits per heavy atom. The van der Waals surface area contributed by atoms with Crippen LogP contribution < -0.4 is 5.73 Å². The van der Waals surface area contributed by atoms with Gasteiger partial charge in [0.1, 0.15) is 5.58 Å². The van der Waals surface area contributed by atoms with Gasteiger partial charge in [-0.3, -0.25) is 4.79 Å². The number of para-hydroxylation sites is 1. The first-order valence-electron chi connectivity index (χ1n) is 5.85. The van der Waals surface area contributed by atoms with Crippen molar-refractivity contribution in [2.75, 3.05) is 0 Å². The predicted molar refractivity (Wildman–Crippen MR) is 69.2 cm³/mol. The number of rotatable bonds is 4. The fourth-order valence-corrected chi connectivity index (χ4v) is 2.16. The largest absolute Gasteiger partial charge is 0.481 e. The average molecular weight is 247 g/mol. The molecule has 0 saturated heterocycles. The first kappa shape index (κ1) is 12.6. The summed E-state index contributed by atoms with van der Waals surface area (Å²) < 4.78 is 5.44. The summed E-state index contributed by atoms with van der Waals surface area (Å²) in [6.45, 7) is 3.71. The highest BCUT2D eigenvalue weighted by molar-refractivity contribution is 5.81. The molecule has 1 atom stereocenters. The van der Waals surface area contributed by atoms with E-state index in [0.717, 1.165) is 16.5 Å². The van der Waals surface area contributed by atoms with E-state index >= 15 is 0 Å². The molecule has 0 spiro atoms. The van der Waals surface area contributed by atoms with Gasteiger partial charge in [0, 0.05) is 17.0 Å². The number of hydrogen-bond acceptors (Lipinski definition) is 3. The second kappa shape index (κ2) is 4.46. The third-order valence-electron chi connectivity index (χ3n) is 3.29. The second-order valence-electron chi connectivity index (χ2n) is 5.22. The Hall–Kier alpha value is -1.81. The monoisotopic (exact) mass is 247 g/mol. The molecule has 4 nitrogen and oxygen atoms in total. The van der Waals surface area contributed by atoms with Crippen LogP contribution in [0.4, 0.5) is 0 Å². The van der Waals surface area contributed by atoms with Gasteiger partial charge in [0.15, 0.2) is 0 Å². The van der Waals surface area contributed by atoms with Gasteiger partial charge in [-0.1, -0.05) is 32.0 Å². The van der Waals surface area contributed by atoms with Crippen LogP contribution >= 0.6 is 0 Å². The van der Waals surface area contributed by atoms with Gasteiger partial charge in [0.05, 0.1) is 12.7 Å². The maximum absolute atomic E-state index is 10.9. The molecule has 2 rings (SSSR count). The van der Waals surface area contributed by atoms with E-state index in [4.69, 9.17) is 15.3 Å². The van der Waals surface area contributed by atoms with Crippen molar-refractivity contribution in [3.63, 3.8) is 0 Å². The molecule has 2 aromatic rings. The molecule has 18 heavy (non-hydrogen) atoms. The van der Waals surface area contributed by atoms with E-state index in [1.165, 1.54) is 0 Å². The van der Waals surface area contributed by atoms with Crippen molar-refractivity contribution in [1.29, 1.82) is 0 Å². The number of furan rings is 1. The molecular weight excluding hydrogens is 230 g/mol. The minimum atomic E-state index is -0.844. The van der Waals surface area contributed by atoms with E-state index in [1.54, 1.807) is 6.26 Å². The van der Waals surface area contributed by atoms with Crippen LogP contribution in [0, 0.1) is 5.41 Å². The maximum Gasteiger partial charge on any atom is 0.303 e. The Balaban J connectivity index is 2.39. The molecule has 0 aliphatic carbocycles. The van der Waals surface area contributed by atoms with Gasteiger partial charge in [0.25, 0.3) is 0 Å². The Morgan fingerprint density at radius 1 is 1.44 bits per heavy atom. The van der Waals surface area contributed by atoms with Crippen molar-refractivity contribution in [2.45, 2.75) is 26.3 Å². The van der Waals surface area contributed by atoms with Gasteiger partial charge in [-0.2, -0.15) is 0 Å². The molecule has 3 N–H and O–H groups in total. The molecule has 0 saturated carbocycles. The first-order valence-corrected chi connectivity index (χ1v) is 5.85. The first-order chi connectivity index (χ1) is 8.42. The van der Waals surface area contributed by atoms with Gasteiger partial charge >= 0.3 is 5.97 Å². The Labute approximate surface area is 105 Å². The second-order valence-corrected chi connectivity index (χ2v) is 5.22. The lowest BCUT2D eigenvalue weighted by atomic mass is 9.78. The number of nitrogens with two attached hydrogens (primary N) is 1. The average Bonchev–Trinajstić information content (AvgIpc) is 2.69. The fourth-order valence-electron chi connectivity index (χ4n) is 2.16. The molecule has 0 radical (unpaired) electrons. The van der Waals surface area contributed by atoms with E-state index in [9.17, 15) is 4.79 Å². The summed E-state index contributed by atoms with van der Waals surface area (Å²) >= 11 is 0. The highest BCUT2D eigenvalue weighted by Gasteiger charge is 2.32. The number of aliphatic carboxylic acids is 1. The quantitative estimate of drug-likeness (QED) is 0.870. The summed E-state index contributed by atoms with van der Waals surface area (Å²) in [6, 6.07) is 7.24. The van der Waals surface area contributed by atoms with Crippen molar-refractivity contribution >= 4 is 16.9 Å². The minimum absolute atomic E-state index is 0.0215. The molecule has 1 heterocycles. The summed E-state index contributed by atoms with van der Waals surface area (Å²) in [5.74, 6) is -0.844. The van der Waals surface area contributed by atoms with Crippen molar-refractivity contribution < 1.29 is 14.3 Å². The van der Waals surface area contributed by atoms with Gasteiger partial charge in [-0.25, -0.2) is 0 Å². The number of fused-ring (bicyclic) bond motifs is 1. The molecular formula is C14H17NO3. The van der Waals surface area contributed by atoms with Crippen LogP contribution in [0.1, 0.15) is 31.9 Å². The normalized spacial score (nSPS) is 13.7. The summed E-state index contributed by atoms with van der Waals surface area (Å²) in [5, 5.41) is 9.88. The molecule has 0 aliphatic heterocycles. The van der Waals surface area contributed by atoms with Crippen LogP contribution in [0.5, 0.6) is 0 Å². The predicted octanol–water partition coefficient (Wildman–Crippen LogP) is 2.93. The molecule has 96 valence electrons. The van der Waals surface area contributed by atoms with Gasteiger partial charge in [-0.15, -0.1) is 0 Å². The number of hydrogen-bond donors (Lipinski definition) is 2. The van der Waals surface area contributed by atoms with Crippen molar-refractivity contribution in [2.24, 2.45) is 11.1 Å². The molecule has 1 aromatic carbocycles. The Bertz CT molecular complexity index is 571. The molecule has 0 bridgehead atoms. The van der Waals surface area contributed by atoms with E-state index < -0.39 is 11.4 Å². The Morgan fingerprint density at radius 2 is 2.11 bits per heavy atom. The zero-order valence-corrected chi connectivity index (χ0v) is 10.5. The Kier molecular flexibility index (Phi) is 3.13. The summed E-state index contributed by atoms with van der Waals surface area (Å²) in [6.07, 6.45) is 1.65. The lowest BCUT2D eigenvalue weighted by molar-refractivity contribution is -0.139. The van der Waals surface area contributed by atoms with Crippen LogP contribution in [-0.2, 0) is 4.79 Å². The van der Waals surface area contributed by atoms with Crippen LogP contribution in [0.15, 0.2) is 34.9 Å². The molecule has 4 heteroatoms. The number of carboxylic acid groups (broad SMARTS) is 1. The van der Waals surface area contributed by atoms with Crippen molar-refractivity contribution in [1.82, 2.24) is 0 Å². The van der Waals surface area contributed by atoms with Crippen molar-refractivity contribution in [3.05, 3.63) is 36.1 Å². The van der Waals surface area contributed by atoms with Crippen LogP contribution in [0.25, 0.3) is 11.0 Å². The van der Waals surface area contributed by atoms with Gasteiger partial charge in [-0.05, 0) is 11.5 Å². The maximum atomic E-state index is 10.9. The van der Waals surface area contributed by atoms with Crippen LogP contribution in [0.3, 0.4) is 0 Å². The SMILES string of the molecule is CC(C)(CC(=O)O)C(N)c1coc2ccccc12. The zero-order chi connectivity index (χ0) is 13.3. The number of carbonyl (C=O) groups is 1. The molecule has 0 amide bonds. The van der Waals surface area contributed by atoms with E-state index in [0.29, 0.717) is 0 Å². The van der Waals surface area contributed by atoms with E-state index in [1.807, 2.05) is 38.1 Å². The third kappa shape index (κ3) is 2.24. The lowest BCUT2D eigenvalue weighted by Crippen LogP contribution is -2.31. The molecule has 0 aliphatic rings. The zero-order valence-electron chi connectivity index (χ0n) is 10.5.